The topological polar surface area (TPSA) is 54.3 Å². The van der Waals surface area contributed by atoms with Gasteiger partial charge in [-0.2, -0.15) is 0 Å². The van der Waals surface area contributed by atoms with Gasteiger partial charge in [-0.05, 0) is 44.4 Å². The van der Waals surface area contributed by atoms with Gasteiger partial charge in [-0.25, -0.2) is 0 Å². The van der Waals surface area contributed by atoms with Crippen molar-refractivity contribution < 1.29 is 9.59 Å². The number of para-hydroxylation sites is 2. The normalized spacial score (nSPS) is 19.9. The third kappa shape index (κ3) is 3.20. The Morgan fingerprint density at radius 2 is 1.93 bits per heavy atom. The number of hydrogen-bond donors (Lipinski definition) is 1. The lowest BCUT2D eigenvalue weighted by molar-refractivity contribution is -0.135. The van der Waals surface area contributed by atoms with E-state index in [-0.39, 0.29) is 11.8 Å². The molecule has 0 radical (unpaired) electrons. The Labute approximate surface area is 176 Å². The second kappa shape index (κ2) is 7.48. The number of carbonyl (C=O) groups excluding carboxylic acids is 2. The van der Waals surface area contributed by atoms with Crippen molar-refractivity contribution in [1.29, 1.82) is 0 Å². The summed E-state index contributed by atoms with van der Waals surface area (Å²) in [6.45, 7) is 3.29. The molecule has 1 atom stereocenters. The van der Waals surface area contributed by atoms with Crippen molar-refractivity contribution in [3.8, 4) is 0 Å². The standard InChI is InChI=1S/C25H25N3O2/c1-17-8-6-7-13-28(17)24(29)16-27-15-18(19-9-3-5-12-23(19)27)14-21-20-10-2-4-11-22(20)26-25(21)30/h2-5,9-12,14-15,17H,6-8,13,16H2,1H3,(H,26,30). The van der Waals surface area contributed by atoms with Crippen molar-refractivity contribution in [3.05, 3.63) is 65.9 Å². The molecule has 2 aliphatic rings. The third-order valence-electron chi connectivity index (χ3n) is 6.26. The van der Waals surface area contributed by atoms with Crippen LogP contribution < -0.4 is 5.32 Å². The molecule has 30 heavy (non-hydrogen) atoms. The summed E-state index contributed by atoms with van der Waals surface area (Å²) in [5.74, 6) is 0.0670. The lowest BCUT2D eigenvalue weighted by atomic mass is 10.0. The molecule has 5 rings (SSSR count). The second-order valence-corrected chi connectivity index (χ2v) is 8.22. The first-order valence-corrected chi connectivity index (χ1v) is 10.6. The molecule has 0 spiro atoms. The second-order valence-electron chi connectivity index (χ2n) is 8.22. The first-order valence-electron chi connectivity index (χ1n) is 10.6. The van der Waals surface area contributed by atoms with E-state index in [2.05, 4.69) is 12.2 Å². The summed E-state index contributed by atoms with van der Waals surface area (Å²) in [6.07, 6.45) is 7.28. The van der Waals surface area contributed by atoms with Gasteiger partial charge >= 0.3 is 0 Å². The van der Waals surface area contributed by atoms with Gasteiger partial charge in [0.1, 0.15) is 6.54 Å². The molecule has 1 unspecified atom stereocenters. The summed E-state index contributed by atoms with van der Waals surface area (Å²) in [5, 5.41) is 3.97. The molecule has 2 amide bonds. The Morgan fingerprint density at radius 3 is 2.80 bits per heavy atom. The summed E-state index contributed by atoms with van der Waals surface area (Å²) in [7, 11) is 0. The van der Waals surface area contributed by atoms with Crippen molar-refractivity contribution in [2.45, 2.75) is 38.8 Å². The van der Waals surface area contributed by atoms with E-state index >= 15 is 0 Å². The number of piperidine rings is 1. The smallest absolute Gasteiger partial charge is 0.256 e. The van der Waals surface area contributed by atoms with Gasteiger partial charge in [-0.15, -0.1) is 0 Å². The van der Waals surface area contributed by atoms with Crippen molar-refractivity contribution in [2.24, 2.45) is 0 Å². The van der Waals surface area contributed by atoms with Gasteiger partial charge in [0.05, 0.1) is 0 Å². The van der Waals surface area contributed by atoms with Crippen molar-refractivity contribution >= 4 is 40.1 Å². The van der Waals surface area contributed by atoms with Gasteiger partial charge in [0.25, 0.3) is 5.91 Å². The molecule has 0 aliphatic carbocycles. The van der Waals surface area contributed by atoms with E-state index in [9.17, 15) is 9.59 Å². The van der Waals surface area contributed by atoms with Crippen LogP contribution in [0.1, 0.15) is 37.3 Å². The Morgan fingerprint density at radius 1 is 1.13 bits per heavy atom. The molecule has 1 aromatic heterocycles. The van der Waals surface area contributed by atoms with E-state index in [0.717, 1.165) is 47.1 Å². The predicted molar refractivity (Wildman–Crippen MR) is 120 cm³/mol. The highest BCUT2D eigenvalue weighted by molar-refractivity contribution is 6.35. The maximum atomic E-state index is 13.0. The van der Waals surface area contributed by atoms with Crippen molar-refractivity contribution in [3.63, 3.8) is 0 Å². The SMILES string of the molecule is CC1CCCCN1C(=O)Cn1cc(C=C2C(=O)Nc3ccccc32)c2ccccc21. The van der Waals surface area contributed by atoms with Gasteiger partial charge < -0.3 is 14.8 Å². The molecular weight excluding hydrogens is 374 g/mol. The average Bonchev–Trinajstić information content (AvgIpc) is 3.26. The van der Waals surface area contributed by atoms with Crippen LogP contribution in [0.2, 0.25) is 0 Å². The van der Waals surface area contributed by atoms with Crippen LogP contribution in [-0.2, 0) is 16.1 Å². The quantitative estimate of drug-likeness (QED) is 0.658. The molecule has 3 heterocycles. The van der Waals surface area contributed by atoms with Gasteiger partial charge in [-0.3, -0.25) is 9.59 Å². The van der Waals surface area contributed by atoms with Crippen LogP contribution in [0.25, 0.3) is 22.6 Å². The molecule has 0 saturated carbocycles. The third-order valence-corrected chi connectivity index (χ3v) is 6.26. The van der Waals surface area contributed by atoms with Crippen LogP contribution in [0, 0.1) is 0 Å². The Hall–Kier alpha value is -3.34. The number of benzene rings is 2. The number of nitrogens with one attached hydrogen (secondary N) is 1. The summed E-state index contributed by atoms with van der Waals surface area (Å²) in [4.78, 5) is 27.6. The fourth-order valence-electron chi connectivity index (χ4n) is 4.66. The Balaban J connectivity index is 1.52. The molecule has 1 saturated heterocycles. The predicted octanol–water partition coefficient (Wildman–Crippen LogP) is 4.54. The lowest BCUT2D eigenvalue weighted by Gasteiger charge is -2.33. The van der Waals surface area contributed by atoms with Gasteiger partial charge in [-0.1, -0.05) is 36.4 Å². The summed E-state index contributed by atoms with van der Waals surface area (Å²) in [5.41, 5.74) is 4.37. The van der Waals surface area contributed by atoms with E-state index < -0.39 is 0 Å². The first kappa shape index (κ1) is 18.7. The van der Waals surface area contributed by atoms with Gasteiger partial charge in [0.15, 0.2) is 0 Å². The van der Waals surface area contributed by atoms with Crippen molar-refractivity contribution in [1.82, 2.24) is 9.47 Å². The van der Waals surface area contributed by atoms with Crippen LogP contribution in [0.4, 0.5) is 5.69 Å². The first-order chi connectivity index (χ1) is 14.6. The largest absolute Gasteiger partial charge is 0.338 e. The zero-order valence-electron chi connectivity index (χ0n) is 17.1. The number of likely N-dealkylation sites (tertiary alicyclic amines) is 1. The number of fused-ring (bicyclic) bond motifs is 2. The number of anilines is 1. The summed E-state index contributed by atoms with van der Waals surface area (Å²) in [6, 6.07) is 16.1. The average molecular weight is 399 g/mol. The molecule has 1 fully saturated rings. The van der Waals surface area contributed by atoms with E-state index in [1.54, 1.807) is 0 Å². The molecule has 5 nitrogen and oxygen atoms in total. The monoisotopic (exact) mass is 399 g/mol. The number of amides is 2. The number of rotatable bonds is 3. The fraction of sp³-hybridized carbons (Fsp3) is 0.280. The van der Waals surface area contributed by atoms with Crippen molar-refractivity contribution in [2.75, 3.05) is 11.9 Å². The minimum atomic E-state index is -0.0914. The highest BCUT2D eigenvalue weighted by atomic mass is 16.2. The summed E-state index contributed by atoms with van der Waals surface area (Å²) >= 11 is 0. The maximum absolute atomic E-state index is 13.0. The van der Waals surface area contributed by atoms with E-state index in [1.165, 1.54) is 6.42 Å². The Kier molecular flexibility index (Phi) is 4.66. The Bertz CT molecular complexity index is 1170. The molecule has 3 aromatic rings. The fourth-order valence-corrected chi connectivity index (χ4v) is 4.66. The maximum Gasteiger partial charge on any atom is 0.256 e. The minimum Gasteiger partial charge on any atom is -0.338 e. The summed E-state index contributed by atoms with van der Waals surface area (Å²) < 4.78 is 2.02. The molecule has 5 heteroatoms. The molecule has 0 bridgehead atoms. The van der Waals surface area contributed by atoms with E-state index in [0.29, 0.717) is 18.2 Å². The van der Waals surface area contributed by atoms with E-state index in [4.69, 9.17) is 0 Å². The number of aromatic nitrogens is 1. The number of nitrogens with zero attached hydrogens (tertiary/aromatic N) is 2. The lowest BCUT2D eigenvalue weighted by Crippen LogP contribution is -2.43. The van der Waals surface area contributed by atoms with Crippen LogP contribution in [0.3, 0.4) is 0 Å². The number of carbonyl (C=O) groups is 2. The molecule has 152 valence electrons. The van der Waals surface area contributed by atoms with Crippen LogP contribution in [0.15, 0.2) is 54.7 Å². The molecule has 2 aromatic carbocycles. The molecule has 1 N–H and O–H groups in total. The minimum absolute atomic E-state index is 0.0914. The van der Waals surface area contributed by atoms with Gasteiger partial charge in [0.2, 0.25) is 5.91 Å². The highest BCUT2D eigenvalue weighted by Gasteiger charge is 2.25. The van der Waals surface area contributed by atoms with E-state index in [1.807, 2.05) is 70.3 Å². The zero-order valence-corrected chi connectivity index (χ0v) is 17.1. The van der Waals surface area contributed by atoms with Gasteiger partial charge in [0, 0.05) is 52.1 Å². The number of hydrogen-bond acceptors (Lipinski definition) is 2. The highest BCUT2D eigenvalue weighted by Crippen LogP contribution is 2.34. The molecular formula is C25H25N3O2. The molecule has 2 aliphatic heterocycles. The van der Waals surface area contributed by atoms with Crippen LogP contribution in [0.5, 0.6) is 0 Å². The van der Waals surface area contributed by atoms with Crippen LogP contribution in [-0.4, -0.2) is 33.9 Å². The zero-order chi connectivity index (χ0) is 20.7. The van der Waals surface area contributed by atoms with Crippen LogP contribution >= 0.6 is 0 Å².